The zero-order valence-corrected chi connectivity index (χ0v) is 26.2. The van der Waals surface area contributed by atoms with Crippen molar-refractivity contribution in [2.45, 2.75) is 62.6 Å². The average Bonchev–Trinajstić information content (AvgIpc) is 3.39. The Balaban J connectivity index is 1.60. The van der Waals surface area contributed by atoms with Crippen LogP contribution >= 0.6 is 0 Å². The van der Waals surface area contributed by atoms with Crippen molar-refractivity contribution in [1.29, 1.82) is 0 Å². The van der Waals surface area contributed by atoms with E-state index in [4.69, 9.17) is 27.3 Å². The highest BCUT2D eigenvalue weighted by molar-refractivity contribution is 6.25. The average molecular weight is 674 g/mol. The zero-order chi connectivity index (χ0) is 35.9. The molecular weight excluding hydrogens is 638 g/mol. The van der Waals surface area contributed by atoms with E-state index in [1.165, 1.54) is 0 Å². The van der Waals surface area contributed by atoms with Gasteiger partial charge in [0.1, 0.15) is 24.7 Å². The third kappa shape index (κ3) is 10.9. The molecular formula is C32H35N9O8. The Hall–Kier alpha value is -6.31. The van der Waals surface area contributed by atoms with Crippen LogP contribution in [0.3, 0.4) is 0 Å². The predicted molar refractivity (Wildman–Crippen MR) is 171 cm³/mol. The van der Waals surface area contributed by atoms with E-state index in [2.05, 4.69) is 25.5 Å². The van der Waals surface area contributed by atoms with Gasteiger partial charge < -0.3 is 43.2 Å². The zero-order valence-electron chi connectivity index (χ0n) is 26.2. The Kier molecular flexibility index (Phi) is 13.8. The van der Waals surface area contributed by atoms with Crippen LogP contribution in [-0.2, 0) is 33.5 Å². The fraction of sp³-hybridized carbons (Fsp3) is 0.344. The van der Waals surface area contributed by atoms with Crippen molar-refractivity contribution in [3.05, 3.63) is 70.7 Å². The van der Waals surface area contributed by atoms with Crippen LogP contribution in [0, 0.1) is 0 Å². The van der Waals surface area contributed by atoms with Gasteiger partial charge in [-0.15, -0.1) is 0 Å². The second kappa shape index (κ2) is 18.1. The van der Waals surface area contributed by atoms with E-state index in [1.807, 2.05) is 48.5 Å². The van der Waals surface area contributed by atoms with Crippen molar-refractivity contribution in [1.82, 2.24) is 16.0 Å². The fourth-order valence-corrected chi connectivity index (χ4v) is 5.27. The molecule has 17 heteroatoms. The first-order valence-electron chi connectivity index (χ1n) is 15.2. The first kappa shape index (κ1) is 37.2. The van der Waals surface area contributed by atoms with E-state index in [9.17, 15) is 33.6 Å². The number of carbonyl (C=O) groups is 7. The largest absolute Gasteiger partial charge is 0.449 e. The van der Waals surface area contributed by atoms with Gasteiger partial charge in [-0.1, -0.05) is 48.5 Å². The SMILES string of the molecule is [N-]=[N+]=CC(=O)CC[C@H](NC(=O)[C@H](CCC(=O)C=[N+]=[N-])NC(=O)CC[C@H](NC(=O)OCC1c2ccccc2-c2ccccc21)C(N)=O)C(N)=O. The number of amides is 5. The molecule has 2 aromatic carbocycles. The second-order valence-corrected chi connectivity index (χ2v) is 11.0. The number of hydrogen-bond acceptors (Lipinski definition) is 8. The predicted octanol–water partition coefficient (Wildman–Crippen LogP) is -0.0861. The summed E-state index contributed by atoms with van der Waals surface area (Å²) in [5, 5.41) is 7.06. The summed E-state index contributed by atoms with van der Waals surface area (Å²) in [6, 6.07) is 11.3. The lowest BCUT2D eigenvalue weighted by atomic mass is 9.98. The van der Waals surface area contributed by atoms with Gasteiger partial charge in [-0.2, -0.15) is 9.58 Å². The molecule has 17 nitrogen and oxygen atoms in total. The van der Waals surface area contributed by atoms with Crippen molar-refractivity contribution >= 4 is 53.7 Å². The normalized spacial score (nSPS) is 13.1. The molecule has 256 valence electrons. The number of primary amides is 2. The van der Waals surface area contributed by atoms with Crippen LogP contribution in [0.15, 0.2) is 48.5 Å². The number of rotatable bonds is 19. The summed E-state index contributed by atoms with van der Waals surface area (Å²) in [4.78, 5) is 91.4. The highest BCUT2D eigenvalue weighted by Gasteiger charge is 2.31. The van der Waals surface area contributed by atoms with Crippen LogP contribution in [0.25, 0.3) is 22.2 Å². The standard InChI is InChI=1S/C32H35N9O8/c33-29(45)25(11-9-18(42)15-37-35)40-31(47)27(12-10-19(43)16-38-36)39-28(44)14-13-26(30(34)46)41-32(48)49-17-24-22-7-3-1-5-20(22)21-6-2-4-8-23(21)24/h1-8,15-16,24-27H,9-14,17H2,(H2,33,45)(H2,34,46)(H,39,44)(H,40,47)(H,41,48)/t25-,26-,27-/m0/s1. The number of benzene rings is 2. The molecule has 49 heavy (non-hydrogen) atoms. The maximum atomic E-state index is 13.0. The number of nitrogens with zero attached hydrogens (tertiary/aromatic N) is 4. The number of Topliss-reactive ketones (excluding diaryl/α,β-unsaturated/α-hetero) is 2. The lowest BCUT2D eigenvalue weighted by Gasteiger charge is -2.22. The molecule has 7 N–H and O–H groups in total. The molecule has 1 aliphatic rings. The van der Waals surface area contributed by atoms with Gasteiger partial charge in [0.05, 0.1) is 0 Å². The molecule has 1 aliphatic carbocycles. The summed E-state index contributed by atoms with van der Waals surface area (Å²) in [6.07, 6.45) is -1.66. The van der Waals surface area contributed by atoms with Crippen LogP contribution < -0.4 is 27.4 Å². The fourth-order valence-electron chi connectivity index (χ4n) is 5.27. The molecule has 2 aromatic rings. The molecule has 0 fully saturated rings. The third-order valence-corrected chi connectivity index (χ3v) is 7.71. The van der Waals surface area contributed by atoms with Gasteiger partial charge in [0.2, 0.25) is 35.2 Å². The lowest BCUT2D eigenvalue weighted by molar-refractivity contribution is -0.132. The first-order valence-corrected chi connectivity index (χ1v) is 15.2. The Morgan fingerprint density at radius 2 is 1.16 bits per heavy atom. The molecule has 0 saturated carbocycles. The van der Waals surface area contributed by atoms with E-state index in [-0.39, 0.29) is 44.6 Å². The molecule has 0 spiro atoms. The third-order valence-electron chi connectivity index (χ3n) is 7.71. The lowest BCUT2D eigenvalue weighted by Crippen LogP contribution is -2.53. The number of ether oxygens (including phenoxy) is 1. The van der Waals surface area contributed by atoms with Crippen molar-refractivity contribution < 1.29 is 47.9 Å². The number of carbonyl (C=O) groups excluding carboxylic acids is 7. The molecule has 0 radical (unpaired) electrons. The summed E-state index contributed by atoms with van der Waals surface area (Å²) in [6.45, 7) is -0.0299. The number of nitrogens with two attached hydrogens (primary N) is 2. The molecule has 0 aromatic heterocycles. The summed E-state index contributed by atoms with van der Waals surface area (Å²) < 4.78 is 5.45. The summed E-state index contributed by atoms with van der Waals surface area (Å²) in [5.41, 5.74) is 31.9. The van der Waals surface area contributed by atoms with Crippen LogP contribution in [0.5, 0.6) is 0 Å². The highest BCUT2D eigenvalue weighted by atomic mass is 16.5. The highest BCUT2D eigenvalue weighted by Crippen LogP contribution is 2.44. The van der Waals surface area contributed by atoms with Gasteiger partial charge in [0.15, 0.2) is 0 Å². The topological polar surface area (TPSA) is 290 Å². The minimum atomic E-state index is -1.41. The quantitative estimate of drug-likeness (QED) is 0.0761. The van der Waals surface area contributed by atoms with Gasteiger partial charge in [0.25, 0.3) is 0 Å². The Morgan fingerprint density at radius 1 is 0.694 bits per heavy atom. The van der Waals surface area contributed by atoms with Crippen molar-refractivity contribution in [2.24, 2.45) is 11.5 Å². The van der Waals surface area contributed by atoms with E-state index < -0.39 is 65.8 Å². The Bertz CT molecular complexity index is 1670. The van der Waals surface area contributed by atoms with Gasteiger partial charge in [0, 0.05) is 25.2 Å². The minimum absolute atomic E-state index is 0.0299. The molecule has 0 saturated heterocycles. The molecule has 5 amide bonds. The van der Waals surface area contributed by atoms with Gasteiger partial charge in [-0.05, 0) is 41.5 Å². The molecule has 0 heterocycles. The first-order chi connectivity index (χ1) is 23.4. The van der Waals surface area contributed by atoms with Crippen molar-refractivity contribution in [2.75, 3.05) is 6.61 Å². The summed E-state index contributed by atoms with van der Waals surface area (Å²) >= 11 is 0. The number of fused-ring (bicyclic) bond motifs is 3. The number of hydrogen-bond donors (Lipinski definition) is 5. The number of nitrogens with one attached hydrogen (secondary N) is 3. The molecule has 3 atom stereocenters. The maximum Gasteiger partial charge on any atom is 0.407 e. The van der Waals surface area contributed by atoms with Gasteiger partial charge >= 0.3 is 18.5 Å². The van der Waals surface area contributed by atoms with E-state index in [1.54, 1.807) is 0 Å². The Labute approximate surface area is 280 Å². The summed E-state index contributed by atoms with van der Waals surface area (Å²) in [5.74, 6) is -5.24. The van der Waals surface area contributed by atoms with Crippen molar-refractivity contribution in [3.8, 4) is 11.1 Å². The maximum absolute atomic E-state index is 13.0. The number of alkyl carbamates (subject to hydrolysis) is 1. The summed E-state index contributed by atoms with van der Waals surface area (Å²) in [7, 11) is 0. The van der Waals surface area contributed by atoms with Crippen LogP contribution in [0.4, 0.5) is 4.79 Å². The van der Waals surface area contributed by atoms with Gasteiger partial charge in [-0.25, -0.2) is 4.79 Å². The minimum Gasteiger partial charge on any atom is -0.449 e. The smallest absolute Gasteiger partial charge is 0.407 e. The Morgan fingerprint density at radius 3 is 1.67 bits per heavy atom. The molecule has 0 unspecified atom stereocenters. The van der Waals surface area contributed by atoms with Crippen LogP contribution in [0.1, 0.15) is 55.6 Å². The van der Waals surface area contributed by atoms with Crippen molar-refractivity contribution in [3.63, 3.8) is 0 Å². The second-order valence-electron chi connectivity index (χ2n) is 11.0. The van der Waals surface area contributed by atoms with Crippen LogP contribution in [-0.4, -0.2) is 88.0 Å². The molecule has 3 rings (SSSR count). The van der Waals surface area contributed by atoms with E-state index >= 15 is 0 Å². The monoisotopic (exact) mass is 673 g/mol. The molecule has 0 bridgehead atoms. The van der Waals surface area contributed by atoms with Gasteiger partial charge in [-0.3, -0.25) is 28.8 Å². The van der Waals surface area contributed by atoms with E-state index in [0.29, 0.717) is 12.4 Å². The number of ketones is 2. The van der Waals surface area contributed by atoms with E-state index in [0.717, 1.165) is 22.3 Å². The molecule has 0 aliphatic heterocycles. The van der Waals surface area contributed by atoms with Crippen LogP contribution in [0.2, 0.25) is 0 Å².